The third kappa shape index (κ3) is 5.67. The van der Waals surface area contributed by atoms with Gasteiger partial charge in [0.25, 0.3) is 5.91 Å². The van der Waals surface area contributed by atoms with Gasteiger partial charge in [0.1, 0.15) is 19.3 Å². The second kappa shape index (κ2) is 11.8. The number of rotatable bonds is 7. The Balaban J connectivity index is 1.31. The predicted octanol–water partition coefficient (Wildman–Crippen LogP) is 5.57. The lowest BCUT2D eigenvalue weighted by Gasteiger charge is -2.34. The highest BCUT2D eigenvalue weighted by atomic mass is 16.7. The average Bonchev–Trinajstić information content (AvgIpc) is 3.52. The van der Waals surface area contributed by atoms with E-state index in [1.165, 1.54) is 6.42 Å². The van der Waals surface area contributed by atoms with Gasteiger partial charge in [-0.2, -0.15) is 0 Å². The zero-order chi connectivity index (χ0) is 29.2. The van der Waals surface area contributed by atoms with Crippen LogP contribution in [-0.4, -0.2) is 47.7 Å². The molecule has 3 heterocycles. The van der Waals surface area contributed by atoms with Crippen molar-refractivity contribution in [3.8, 4) is 23.0 Å². The molecule has 9 heteroatoms. The summed E-state index contributed by atoms with van der Waals surface area (Å²) in [4.78, 5) is 34.9. The number of amides is 2. The maximum Gasteiger partial charge on any atom is 0.255 e. The molecule has 2 aliphatic heterocycles. The molecule has 1 atom stereocenters. The lowest BCUT2D eigenvalue weighted by Crippen LogP contribution is -2.46. The molecule has 0 radical (unpaired) electrons. The van der Waals surface area contributed by atoms with Gasteiger partial charge >= 0.3 is 0 Å². The summed E-state index contributed by atoms with van der Waals surface area (Å²) >= 11 is 0. The highest BCUT2D eigenvalue weighted by Crippen LogP contribution is 2.36. The van der Waals surface area contributed by atoms with Crippen LogP contribution < -0.4 is 24.3 Å². The van der Waals surface area contributed by atoms with Gasteiger partial charge in [0.05, 0.1) is 5.52 Å². The fourth-order valence-corrected chi connectivity index (χ4v) is 6.12. The van der Waals surface area contributed by atoms with E-state index >= 15 is 0 Å². The van der Waals surface area contributed by atoms with Gasteiger partial charge in [-0.1, -0.05) is 37.5 Å². The van der Waals surface area contributed by atoms with Crippen molar-refractivity contribution in [3.05, 3.63) is 89.6 Å². The number of carbonyl (C=O) groups is 2. The molecular weight excluding hydrogens is 546 g/mol. The first-order valence-electron chi connectivity index (χ1n) is 14.9. The summed E-state index contributed by atoms with van der Waals surface area (Å²) in [5, 5.41) is 4.19. The number of carbonyl (C=O) groups excluding carboxylic acids is 2. The van der Waals surface area contributed by atoms with Crippen molar-refractivity contribution in [2.45, 2.75) is 50.7 Å². The molecule has 0 unspecified atom stereocenters. The first kappa shape index (κ1) is 27.1. The van der Waals surface area contributed by atoms with Crippen molar-refractivity contribution in [2.75, 3.05) is 20.0 Å². The van der Waals surface area contributed by atoms with E-state index in [0.717, 1.165) is 42.1 Å². The second-order valence-electron chi connectivity index (χ2n) is 11.2. The number of ether oxygens (including phenoxy) is 4. The zero-order valence-electron chi connectivity index (χ0n) is 23.8. The number of fused-ring (bicyclic) bond motifs is 3. The summed E-state index contributed by atoms with van der Waals surface area (Å²) in [5.74, 6) is 1.87. The number of pyridine rings is 1. The van der Waals surface area contributed by atoms with Gasteiger partial charge in [0.2, 0.25) is 12.7 Å². The quantitative estimate of drug-likeness (QED) is 0.306. The molecule has 43 heavy (non-hydrogen) atoms. The van der Waals surface area contributed by atoms with E-state index < -0.39 is 6.04 Å². The van der Waals surface area contributed by atoms with Crippen molar-refractivity contribution >= 4 is 22.7 Å². The van der Waals surface area contributed by atoms with Gasteiger partial charge in [0, 0.05) is 29.7 Å². The molecule has 0 saturated heterocycles. The molecule has 1 fully saturated rings. The second-order valence-corrected chi connectivity index (χ2v) is 11.2. The number of aromatic nitrogens is 1. The Morgan fingerprint density at radius 2 is 1.60 bits per heavy atom. The van der Waals surface area contributed by atoms with Crippen molar-refractivity contribution in [1.82, 2.24) is 15.2 Å². The lowest BCUT2D eigenvalue weighted by molar-refractivity contribution is -0.127. The van der Waals surface area contributed by atoms with Crippen LogP contribution in [0.15, 0.2) is 72.9 Å². The van der Waals surface area contributed by atoms with Crippen molar-refractivity contribution < 1.29 is 28.5 Å². The van der Waals surface area contributed by atoms with Crippen LogP contribution in [0.1, 0.15) is 59.6 Å². The van der Waals surface area contributed by atoms with Crippen molar-refractivity contribution in [2.24, 2.45) is 0 Å². The van der Waals surface area contributed by atoms with Crippen LogP contribution in [0, 0.1) is 0 Å². The molecular formula is C34H33N3O6. The predicted molar refractivity (Wildman–Crippen MR) is 159 cm³/mol. The number of benzene rings is 3. The molecule has 7 rings (SSSR count). The number of hydrogen-bond acceptors (Lipinski definition) is 7. The molecule has 4 aromatic rings. The molecule has 0 bridgehead atoms. The number of nitrogens with zero attached hydrogens (tertiary/aromatic N) is 2. The average molecular weight is 580 g/mol. The Morgan fingerprint density at radius 1 is 0.837 bits per heavy atom. The summed E-state index contributed by atoms with van der Waals surface area (Å²) in [6.07, 6.45) is 6.93. The molecule has 1 aliphatic carbocycles. The van der Waals surface area contributed by atoms with Gasteiger partial charge in [0.15, 0.2) is 23.0 Å². The van der Waals surface area contributed by atoms with E-state index in [4.69, 9.17) is 18.9 Å². The lowest BCUT2D eigenvalue weighted by atomic mass is 9.94. The van der Waals surface area contributed by atoms with Crippen LogP contribution >= 0.6 is 0 Å². The van der Waals surface area contributed by atoms with E-state index in [0.29, 0.717) is 47.3 Å². The van der Waals surface area contributed by atoms with E-state index in [-0.39, 0.29) is 31.2 Å². The largest absolute Gasteiger partial charge is 0.486 e. The third-order valence-electron chi connectivity index (χ3n) is 8.29. The fourth-order valence-electron chi connectivity index (χ4n) is 6.12. The van der Waals surface area contributed by atoms with Crippen molar-refractivity contribution in [3.63, 3.8) is 0 Å². The minimum absolute atomic E-state index is 0.0719. The summed E-state index contributed by atoms with van der Waals surface area (Å²) in [5.41, 5.74) is 2.74. The molecule has 0 spiro atoms. The Hall–Kier alpha value is -4.79. The van der Waals surface area contributed by atoms with Crippen molar-refractivity contribution in [1.29, 1.82) is 0 Å². The van der Waals surface area contributed by atoms with Crippen LogP contribution in [0.4, 0.5) is 0 Å². The van der Waals surface area contributed by atoms with Crippen LogP contribution in [0.5, 0.6) is 23.0 Å². The van der Waals surface area contributed by atoms with Gasteiger partial charge in [-0.25, -0.2) is 0 Å². The molecule has 2 amide bonds. The summed E-state index contributed by atoms with van der Waals surface area (Å²) in [6.45, 7) is 1.17. The van der Waals surface area contributed by atoms with Crippen LogP contribution in [0.3, 0.4) is 0 Å². The normalized spacial score (nSPS) is 16.5. The molecule has 1 N–H and O–H groups in total. The Morgan fingerprint density at radius 3 is 2.49 bits per heavy atom. The molecule has 9 nitrogen and oxygen atoms in total. The Bertz CT molecular complexity index is 1670. The smallest absolute Gasteiger partial charge is 0.255 e. The van der Waals surface area contributed by atoms with Crippen LogP contribution in [0.2, 0.25) is 0 Å². The van der Waals surface area contributed by atoms with E-state index in [2.05, 4.69) is 10.3 Å². The standard InChI is InChI=1S/C34H33N3O6/c38-33(36-26-6-2-1-3-7-26)32(24-9-11-27-23(18-24)5-4-14-35-27)37(20-22-8-12-29-30(17-22)43-21-42-29)34(39)25-10-13-28-31(19-25)41-16-15-40-28/h4-5,8-14,17-19,26,32H,1-3,6-7,15-16,20-21H2,(H,36,38)/t32-/m1/s1. The molecule has 3 aliphatic rings. The third-order valence-corrected chi connectivity index (χ3v) is 8.29. The highest BCUT2D eigenvalue weighted by molar-refractivity contribution is 5.99. The Labute approximate surface area is 249 Å². The van der Waals surface area contributed by atoms with Gasteiger partial charge in [-0.15, -0.1) is 0 Å². The van der Waals surface area contributed by atoms with E-state index in [9.17, 15) is 9.59 Å². The molecule has 220 valence electrons. The first-order valence-corrected chi connectivity index (χ1v) is 14.9. The number of hydrogen-bond donors (Lipinski definition) is 1. The topological polar surface area (TPSA) is 99.2 Å². The van der Waals surface area contributed by atoms with E-state index in [1.54, 1.807) is 29.3 Å². The zero-order valence-corrected chi connectivity index (χ0v) is 23.8. The highest BCUT2D eigenvalue weighted by Gasteiger charge is 2.34. The van der Waals surface area contributed by atoms with Gasteiger partial charge < -0.3 is 29.2 Å². The first-order chi connectivity index (χ1) is 21.1. The SMILES string of the molecule is O=C(NC1CCCCC1)[C@@H](c1ccc2ncccc2c1)N(Cc1ccc2c(c1)OCO2)C(=O)c1ccc2c(c1)OCCO2. The minimum atomic E-state index is -0.905. The monoisotopic (exact) mass is 579 g/mol. The fraction of sp³-hybridized carbons (Fsp3) is 0.324. The summed E-state index contributed by atoms with van der Waals surface area (Å²) < 4.78 is 22.6. The maximum atomic E-state index is 14.5. The minimum Gasteiger partial charge on any atom is -0.486 e. The molecule has 1 aromatic heterocycles. The van der Waals surface area contributed by atoms with Gasteiger partial charge in [-0.05, 0) is 72.5 Å². The van der Waals surface area contributed by atoms with E-state index in [1.807, 2.05) is 48.5 Å². The van der Waals surface area contributed by atoms with Crippen LogP contribution in [-0.2, 0) is 11.3 Å². The molecule has 3 aromatic carbocycles. The van der Waals surface area contributed by atoms with Gasteiger partial charge in [-0.3, -0.25) is 14.6 Å². The summed E-state index contributed by atoms with van der Waals surface area (Å²) in [7, 11) is 0. The number of nitrogens with one attached hydrogen (secondary N) is 1. The molecule has 1 saturated carbocycles. The van der Waals surface area contributed by atoms with Crippen LogP contribution in [0.25, 0.3) is 10.9 Å². The summed E-state index contributed by atoms with van der Waals surface area (Å²) in [6, 6.07) is 19.5. The maximum absolute atomic E-state index is 14.5. The Kier molecular flexibility index (Phi) is 7.45.